The topological polar surface area (TPSA) is 124 Å². The lowest BCUT2D eigenvalue weighted by molar-refractivity contribution is -0.219. The zero-order valence-electron chi connectivity index (χ0n) is 28.6. The highest BCUT2D eigenvalue weighted by Crippen LogP contribution is 2.75. The molecule has 4 N–H and O–H groups in total. The number of phenolic OH excluding ortho intramolecular Hbond substituents is 2. The molecule has 5 aliphatic carbocycles. The van der Waals surface area contributed by atoms with Gasteiger partial charge in [-0.05, 0) is 127 Å². The van der Waals surface area contributed by atoms with Crippen molar-refractivity contribution in [1.29, 1.82) is 0 Å². The van der Waals surface area contributed by atoms with E-state index in [1.807, 2.05) is 0 Å². The van der Waals surface area contributed by atoms with E-state index in [0.717, 1.165) is 57.8 Å². The molecular formula is C39H54O7. The number of aliphatic carboxylic acids is 1. The Morgan fingerprint density at radius 2 is 1.63 bits per heavy atom. The van der Waals surface area contributed by atoms with Crippen LogP contribution in [-0.2, 0) is 14.3 Å². The van der Waals surface area contributed by atoms with Crippen LogP contribution in [0.5, 0.6) is 11.5 Å². The molecule has 1 aromatic rings. The van der Waals surface area contributed by atoms with E-state index in [1.54, 1.807) is 12.1 Å². The Labute approximate surface area is 274 Å². The van der Waals surface area contributed by atoms with E-state index >= 15 is 0 Å². The fourth-order valence-corrected chi connectivity index (χ4v) is 11.7. The van der Waals surface area contributed by atoms with E-state index in [-0.39, 0.29) is 51.6 Å². The Hall–Kier alpha value is -2.80. The van der Waals surface area contributed by atoms with Crippen LogP contribution in [0.25, 0.3) is 6.08 Å². The van der Waals surface area contributed by atoms with Crippen molar-refractivity contribution >= 4 is 18.0 Å². The van der Waals surface area contributed by atoms with Crippen molar-refractivity contribution < 1.29 is 34.8 Å². The van der Waals surface area contributed by atoms with Crippen LogP contribution < -0.4 is 0 Å². The number of carboxylic acid groups (broad SMARTS) is 1. The highest BCUT2D eigenvalue weighted by molar-refractivity contribution is 5.87. The van der Waals surface area contributed by atoms with Gasteiger partial charge in [-0.1, -0.05) is 59.3 Å². The number of benzene rings is 1. The quantitative estimate of drug-likeness (QED) is 0.112. The van der Waals surface area contributed by atoms with E-state index in [2.05, 4.69) is 47.6 Å². The third-order valence-electron chi connectivity index (χ3n) is 14.8. The van der Waals surface area contributed by atoms with Crippen LogP contribution in [0.3, 0.4) is 0 Å². The Bertz CT molecular complexity index is 1480. The fraction of sp³-hybridized carbons (Fsp3) is 0.692. The zero-order valence-corrected chi connectivity index (χ0v) is 28.6. The van der Waals surface area contributed by atoms with Crippen LogP contribution in [0.1, 0.15) is 111 Å². The average Bonchev–Trinajstić information content (AvgIpc) is 2.99. The number of aromatic hydroxyl groups is 2. The summed E-state index contributed by atoms with van der Waals surface area (Å²) in [7, 11) is 0. The summed E-state index contributed by atoms with van der Waals surface area (Å²) in [6.07, 6.45) is 13.5. The zero-order chi connectivity index (χ0) is 33.5. The van der Waals surface area contributed by atoms with Gasteiger partial charge in [-0.15, -0.1) is 0 Å². The van der Waals surface area contributed by atoms with Gasteiger partial charge in [0.2, 0.25) is 0 Å². The predicted molar refractivity (Wildman–Crippen MR) is 177 cm³/mol. The number of allylic oxidation sites excluding steroid dienone is 2. The number of carbonyl (C=O) groups excluding carboxylic acids is 1. The molecule has 0 aliphatic heterocycles. The van der Waals surface area contributed by atoms with Gasteiger partial charge in [0.05, 0.1) is 18.1 Å². The number of carbonyl (C=O) groups is 2. The van der Waals surface area contributed by atoms with Gasteiger partial charge in [-0.3, -0.25) is 4.79 Å². The molecule has 5 aliphatic rings. The second kappa shape index (κ2) is 10.9. The molecule has 0 amide bonds. The number of esters is 1. The minimum Gasteiger partial charge on any atom is -0.504 e. The minimum absolute atomic E-state index is 0.00683. The highest BCUT2D eigenvalue weighted by Gasteiger charge is 2.69. The lowest BCUT2D eigenvalue weighted by Gasteiger charge is -2.71. The first-order valence-electron chi connectivity index (χ1n) is 17.4. The molecule has 0 saturated heterocycles. The number of phenols is 2. The maximum Gasteiger partial charge on any atom is 0.330 e. The molecule has 0 aromatic heterocycles. The lowest BCUT2D eigenvalue weighted by atomic mass is 9.33. The van der Waals surface area contributed by atoms with Crippen molar-refractivity contribution in [3.8, 4) is 11.5 Å². The second-order valence-electron chi connectivity index (χ2n) is 17.4. The van der Waals surface area contributed by atoms with Crippen molar-refractivity contribution in [2.45, 2.75) is 112 Å². The summed E-state index contributed by atoms with van der Waals surface area (Å²) in [5.74, 6) is -0.973. The van der Waals surface area contributed by atoms with E-state index < -0.39 is 28.9 Å². The molecule has 46 heavy (non-hydrogen) atoms. The molecular weight excluding hydrogens is 580 g/mol. The minimum atomic E-state index is -0.653. The summed E-state index contributed by atoms with van der Waals surface area (Å²) >= 11 is 0. The van der Waals surface area contributed by atoms with Crippen LogP contribution in [0.15, 0.2) is 35.9 Å². The fourth-order valence-electron chi connectivity index (χ4n) is 11.7. The van der Waals surface area contributed by atoms with Crippen molar-refractivity contribution in [2.75, 3.05) is 6.61 Å². The standard InChI is InChI=1S/C39H54O7/c1-34(2)17-19-39(33(44)45)20-18-37(5)25(26(39)22-34)9-11-30-35(3)15-14-31(42)36(4,29(35)13-16-38(30,37)6)23-46-32(43)12-8-24-7-10-27(40)28(41)21-24/h7-10,12,21,26,29-31,40-42H,11,13-20,22-23H2,1-6H3,(H,44,45). The molecule has 9 unspecified atom stereocenters. The van der Waals surface area contributed by atoms with Gasteiger partial charge in [0.1, 0.15) is 0 Å². The molecule has 0 radical (unpaired) electrons. The van der Waals surface area contributed by atoms with Crippen LogP contribution in [-0.4, -0.2) is 45.1 Å². The smallest absolute Gasteiger partial charge is 0.330 e. The SMILES string of the molecule is CC1(C)CCC2(C(=O)O)CCC3(C)C(=CCC4C5(C)CCC(O)C(C)(COC(=O)C=Cc6ccc(O)c(O)c6)C5CCC43C)C2C1. The molecule has 4 fully saturated rings. The summed E-state index contributed by atoms with van der Waals surface area (Å²) in [4.78, 5) is 25.8. The first-order valence-corrected chi connectivity index (χ1v) is 17.4. The molecule has 252 valence electrons. The summed E-state index contributed by atoms with van der Waals surface area (Å²) in [6.45, 7) is 14.2. The predicted octanol–water partition coefficient (Wildman–Crippen LogP) is 7.88. The highest BCUT2D eigenvalue weighted by atomic mass is 16.5. The Morgan fingerprint density at radius 1 is 0.913 bits per heavy atom. The first-order chi connectivity index (χ1) is 21.4. The third kappa shape index (κ3) is 4.77. The van der Waals surface area contributed by atoms with E-state index in [1.165, 1.54) is 23.8 Å². The van der Waals surface area contributed by atoms with Crippen LogP contribution in [0.4, 0.5) is 0 Å². The number of hydrogen-bond donors (Lipinski definition) is 4. The molecule has 4 saturated carbocycles. The number of fused-ring (bicyclic) bond motifs is 7. The molecule has 7 heteroatoms. The van der Waals surface area contributed by atoms with Crippen molar-refractivity contribution in [3.63, 3.8) is 0 Å². The van der Waals surface area contributed by atoms with Gasteiger partial charge < -0.3 is 25.2 Å². The summed E-state index contributed by atoms with van der Waals surface area (Å²) in [5.41, 5.74) is 0.719. The first kappa shape index (κ1) is 33.1. The molecule has 1 aromatic carbocycles. The Kier molecular flexibility index (Phi) is 7.82. The number of aliphatic hydroxyl groups excluding tert-OH is 1. The molecule has 0 bridgehead atoms. The van der Waals surface area contributed by atoms with E-state index in [0.29, 0.717) is 17.9 Å². The van der Waals surface area contributed by atoms with Crippen molar-refractivity contribution in [1.82, 2.24) is 0 Å². The normalized spacial score (nSPS) is 43.0. The van der Waals surface area contributed by atoms with Crippen LogP contribution >= 0.6 is 0 Å². The molecule has 0 heterocycles. The van der Waals surface area contributed by atoms with Gasteiger partial charge in [0, 0.05) is 11.5 Å². The maximum atomic E-state index is 12.9. The monoisotopic (exact) mass is 634 g/mol. The summed E-state index contributed by atoms with van der Waals surface area (Å²) in [5, 5.41) is 41.4. The van der Waals surface area contributed by atoms with Crippen LogP contribution in [0.2, 0.25) is 0 Å². The number of carboxylic acids is 1. The molecule has 0 spiro atoms. The molecule has 7 nitrogen and oxygen atoms in total. The molecule has 6 rings (SSSR count). The number of aliphatic hydroxyl groups is 1. The Morgan fingerprint density at radius 3 is 2.33 bits per heavy atom. The van der Waals surface area contributed by atoms with E-state index in [9.17, 15) is 30.0 Å². The number of rotatable bonds is 5. The van der Waals surface area contributed by atoms with Gasteiger partial charge in [-0.25, -0.2) is 4.79 Å². The van der Waals surface area contributed by atoms with Crippen molar-refractivity contribution in [2.24, 2.45) is 50.2 Å². The van der Waals surface area contributed by atoms with Gasteiger partial charge in [0.25, 0.3) is 0 Å². The van der Waals surface area contributed by atoms with Crippen LogP contribution in [0, 0.1) is 50.2 Å². The van der Waals surface area contributed by atoms with Gasteiger partial charge >= 0.3 is 11.9 Å². The molecule has 9 atom stereocenters. The van der Waals surface area contributed by atoms with E-state index in [4.69, 9.17) is 4.74 Å². The largest absolute Gasteiger partial charge is 0.504 e. The lowest BCUT2D eigenvalue weighted by Crippen LogP contribution is -2.66. The van der Waals surface area contributed by atoms with Crippen molar-refractivity contribution in [3.05, 3.63) is 41.5 Å². The number of hydrogen-bond acceptors (Lipinski definition) is 6. The summed E-state index contributed by atoms with van der Waals surface area (Å²) < 4.78 is 5.84. The second-order valence-corrected chi connectivity index (χ2v) is 17.4. The average molecular weight is 635 g/mol. The third-order valence-corrected chi connectivity index (χ3v) is 14.8. The van der Waals surface area contributed by atoms with Gasteiger partial charge in [-0.2, -0.15) is 0 Å². The maximum absolute atomic E-state index is 12.9. The van der Waals surface area contributed by atoms with Gasteiger partial charge in [0.15, 0.2) is 11.5 Å². The Balaban J connectivity index is 1.27. The number of ether oxygens (including phenoxy) is 1. The summed E-state index contributed by atoms with van der Waals surface area (Å²) in [6, 6.07) is 4.35.